The predicted octanol–water partition coefficient (Wildman–Crippen LogP) is 5.83. The van der Waals surface area contributed by atoms with Crippen LogP contribution in [0.5, 0.6) is 0 Å². The molecule has 2 N–H and O–H groups in total. The largest absolute Gasteiger partial charge is 0.459 e. The number of nitrogens with one attached hydrogen (secondary N) is 2. The number of furan rings is 1. The zero-order chi connectivity index (χ0) is 24.8. The monoisotopic (exact) mass is 469 g/mol. The van der Waals surface area contributed by atoms with Crippen molar-refractivity contribution in [3.05, 3.63) is 102 Å². The Labute approximate surface area is 205 Å². The summed E-state index contributed by atoms with van der Waals surface area (Å²) in [6, 6.07) is 27.3. The van der Waals surface area contributed by atoms with E-state index in [0.29, 0.717) is 6.54 Å². The van der Waals surface area contributed by atoms with Crippen LogP contribution >= 0.6 is 0 Å². The maximum absolute atomic E-state index is 13.1. The second kappa shape index (κ2) is 11.0. The van der Waals surface area contributed by atoms with Gasteiger partial charge in [-0.15, -0.1) is 0 Å². The molecule has 0 saturated heterocycles. The third-order valence-electron chi connectivity index (χ3n) is 6.06. The van der Waals surface area contributed by atoms with Gasteiger partial charge in [0.05, 0.1) is 12.6 Å². The molecule has 0 aliphatic rings. The molecule has 2 amide bonds. The highest BCUT2D eigenvalue weighted by Gasteiger charge is 2.22. The molecule has 1 heterocycles. The summed E-state index contributed by atoms with van der Waals surface area (Å²) in [7, 11) is 0. The van der Waals surface area contributed by atoms with Crippen molar-refractivity contribution in [2.75, 3.05) is 11.9 Å². The number of hydrogen-bond donors (Lipinski definition) is 2. The van der Waals surface area contributed by atoms with E-state index in [-0.39, 0.29) is 30.4 Å². The Morgan fingerprint density at radius 2 is 1.66 bits per heavy atom. The van der Waals surface area contributed by atoms with E-state index in [1.54, 1.807) is 0 Å². The summed E-state index contributed by atoms with van der Waals surface area (Å²) in [6.45, 7) is 6.32. The topological polar surface area (TPSA) is 74.6 Å². The quantitative estimate of drug-likeness (QED) is 0.323. The molecule has 0 saturated carbocycles. The van der Waals surface area contributed by atoms with Gasteiger partial charge in [-0.25, -0.2) is 0 Å². The van der Waals surface area contributed by atoms with Crippen molar-refractivity contribution < 1.29 is 14.0 Å². The average Bonchev–Trinajstić information content (AvgIpc) is 3.28. The Morgan fingerprint density at radius 1 is 0.914 bits per heavy atom. The highest BCUT2D eigenvalue weighted by Crippen LogP contribution is 2.26. The molecule has 1 aromatic heterocycles. The fourth-order valence-corrected chi connectivity index (χ4v) is 4.20. The number of benzene rings is 3. The fraction of sp³-hybridized carbons (Fsp3) is 0.241. The summed E-state index contributed by atoms with van der Waals surface area (Å²) >= 11 is 0. The van der Waals surface area contributed by atoms with E-state index in [1.807, 2.05) is 79.7 Å². The zero-order valence-electron chi connectivity index (χ0n) is 20.3. The van der Waals surface area contributed by atoms with Crippen molar-refractivity contribution >= 4 is 28.5 Å². The molecule has 0 fully saturated rings. The van der Waals surface area contributed by atoms with Crippen LogP contribution in [0.15, 0.2) is 89.3 Å². The van der Waals surface area contributed by atoms with Gasteiger partial charge in [0.2, 0.25) is 11.8 Å². The van der Waals surface area contributed by atoms with Crippen LogP contribution in [0.2, 0.25) is 0 Å². The van der Waals surface area contributed by atoms with Crippen molar-refractivity contribution in [1.82, 2.24) is 10.2 Å². The maximum atomic E-state index is 13.1. The third-order valence-corrected chi connectivity index (χ3v) is 6.06. The second-order valence-electron chi connectivity index (χ2n) is 8.85. The number of amides is 2. The van der Waals surface area contributed by atoms with E-state index < -0.39 is 0 Å². The Hall–Kier alpha value is -3.90. The molecule has 0 aliphatic heterocycles. The summed E-state index contributed by atoms with van der Waals surface area (Å²) in [5, 5.41) is 6.94. The molecule has 0 aliphatic carbocycles. The average molecular weight is 470 g/mol. The normalized spacial score (nSPS) is 12.9. The number of nitrogens with zero attached hydrogens (tertiary/aromatic N) is 1. The molecule has 2 unspecified atom stereocenters. The zero-order valence-corrected chi connectivity index (χ0v) is 20.3. The van der Waals surface area contributed by atoms with Gasteiger partial charge < -0.3 is 15.1 Å². The smallest absolute Gasteiger partial charge is 0.234 e. The first-order valence-corrected chi connectivity index (χ1v) is 11.8. The molecule has 35 heavy (non-hydrogen) atoms. The lowest BCUT2D eigenvalue weighted by Crippen LogP contribution is -2.39. The number of rotatable bonds is 9. The summed E-state index contributed by atoms with van der Waals surface area (Å²) in [5.41, 5.74) is 3.69. The highest BCUT2D eigenvalue weighted by molar-refractivity contribution is 5.88. The van der Waals surface area contributed by atoms with Gasteiger partial charge in [-0.2, -0.15) is 0 Å². The molecule has 180 valence electrons. The number of fused-ring (bicyclic) bond motifs is 1. The molecule has 0 spiro atoms. The van der Waals surface area contributed by atoms with E-state index >= 15 is 0 Å². The third kappa shape index (κ3) is 6.37. The minimum absolute atomic E-state index is 0.0591. The number of para-hydroxylation sites is 1. The Morgan fingerprint density at radius 3 is 2.40 bits per heavy atom. The summed E-state index contributed by atoms with van der Waals surface area (Å²) in [6.07, 6.45) is 0. The van der Waals surface area contributed by atoms with Crippen LogP contribution in [0, 0.1) is 0 Å². The molecule has 0 radical (unpaired) electrons. The lowest BCUT2D eigenvalue weighted by atomic mass is 10.0. The Balaban J connectivity index is 1.50. The van der Waals surface area contributed by atoms with Crippen molar-refractivity contribution in [3.63, 3.8) is 0 Å². The van der Waals surface area contributed by atoms with Crippen LogP contribution in [-0.2, 0) is 16.1 Å². The van der Waals surface area contributed by atoms with Gasteiger partial charge in [-0.1, -0.05) is 60.7 Å². The summed E-state index contributed by atoms with van der Waals surface area (Å²) in [5.74, 6) is 0.527. The Kier molecular flexibility index (Phi) is 7.63. The van der Waals surface area contributed by atoms with Gasteiger partial charge in [0.25, 0.3) is 0 Å². The molecule has 4 rings (SSSR count). The number of anilines is 1. The van der Waals surface area contributed by atoms with E-state index in [2.05, 4.69) is 34.6 Å². The molecule has 6 nitrogen and oxygen atoms in total. The van der Waals surface area contributed by atoms with Gasteiger partial charge in [0, 0.05) is 30.6 Å². The van der Waals surface area contributed by atoms with E-state index in [9.17, 15) is 9.59 Å². The first-order chi connectivity index (χ1) is 16.9. The number of carbonyl (C=O) groups is 2. The van der Waals surface area contributed by atoms with Crippen LogP contribution in [-0.4, -0.2) is 23.3 Å². The van der Waals surface area contributed by atoms with Gasteiger partial charge in [-0.3, -0.25) is 14.5 Å². The summed E-state index contributed by atoms with van der Waals surface area (Å²) < 4.78 is 5.93. The molecule has 4 aromatic rings. The minimum atomic E-state index is -0.258. The van der Waals surface area contributed by atoms with Crippen molar-refractivity contribution in [1.29, 1.82) is 0 Å². The van der Waals surface area contributed by atoms with E-state index in [1.165, 1.54) is 6.92 Å². The second-order valence-corrected chi connectivity index (χ2v) is 8.85. The van der Waals surface area contributed by atoms with Gasteiger partial charge >= 0.3 is 0 Å². The molecule has 3 aromatic carbocycles. The lowest BCUT2D eigenvalue weighted by molar-refractivity contribution is -0.123. The predicted molar refractivity (Wildman–Crippen MR) is 139 cm³/mol. The van der Waals surface area contributed by atoms with Gasteiger partial charge in [0.1, 0.15) is 11.3 Å². The molecule has 0 bridgehead atoms. The minimum Gasteiger partial charge on any atom is -0.459 e. The highest BCUT2D eigenvalue weighted by atomic mass is 16.3. The molecular weight excluding hydrogens is 438 g/mol. The first-order valence-electron chi connectivity index (χ1n) is 11.8. The lowest BCUT2D eigenvalue weighted by Gasteiger charge is -2.29. The standard InChI is InChI=1S/C29H31N3O3/c1-20(28-17-25-12-7-8-15-27(25)35-28)30-29(34)19-32(18-23-10-5-4-6-11-23)21(2)24-13-9-14-26(16-24)31-22(3)33/h4-17,20-21H,18-19H2,1-3H3,(H,30,34)(H,31,33). The number of carbonyl (C=O) groups excluding carboxylic acids is 2. The fourth-order valence-electron chi connectivity index (χ4n) is 4.20. The van der Waals surface area contributed by atoms with Gasteiger partial charge in [0.15, 0.2) is 0 Å². The van der Waals surface area contributed by atoms with Crippen molar-refractivity contribution in [3.8, 4) is 0 Å². The number of hydrogen-bond acceptors (Lipinski definition) is 4. The Bertz CT molecular complexity index is 1270. The van der Waals surface area contributed by atoms with Gasteiger partial charge in [-0.05, 0) is 49.2 Å². The SMILES string of the molecule is CC(=O)Nc1cccc(C(C)N(CC(=O)NC(C)c2cc3ccccc3o2)Cc2ccccc2)c1. The van der Waals surface area contributed by atoms with Crippen molar-refractivity contribution in [2.45, 2.75) is 39.4 Å². The van der Waals surface area contributed by atoms with E-state index in [4.69, 9.17) is 4.42 Å². The van der Waals surface area contributed by atoms with Crippen LogP contribution < -0.4 is 10.6 Å². The van der Waals surface area contributed by atoms with Crippen LogP contribution in [0.4, 0.5) is 5.69 Å². The first kappa shape index (κ1) is 24.2. The molecule has 6 heteroatoms. The van der Waals surface area contributed by atoms with Crippen LogP contribution in [0.25, 0.3) is 11.0 Å². The summed E-state index contributed by atoms with van der Waals surface area (Å²) in [4.78, 5) is 26.8. The van der Waals surface area contributed by atoms with Crippen molar-refractivity contribution in [2.24, 2.45) is 0 Å². The van der Waals surface area contributed by atoms with Crippen LogP contribution in [0.3, 0.4) is 0 Å². The van der Waals surface area contributed by atoms with E-state index in [0.717, 1.165) is 33.5 Å². The molecule has 2 atom stereocenters. The van der Waals surface area contributed by atoms with Crippen LogP contribution in [0.1, 0.15) is 49.7 Å². The maximum Gasteiger partial charge on any atom is 0.234 e. The molecular formula is C29H31N3O3.